The van der Waals surface area contributed by atoms with Gasteiger partial charge in [0, 0.05) is 25.1 Å². The molecule has 8 heteroatoms. The van der Waals surface area contributed by atoms with Gasteiger partial charge < -0.3 is 15.4 Å². The molecule has 1 aliphatic rings. The van der Waals surface area contributed by atoms with E-state index in [1.54, 1.807) is 0 Å². The van der Waals surface area contributed by atoms with Crippen molar-refractivity contribution in [3.05, 3.63) is 29.8 Å². The number of aliphatic imine (C=N–C) groups is 1. The molecule has 0 saturated heterocycles. The molecule has 2 N–H and O–H groups in total. The Labute approximate surface area is 146 Å². The zero-order valence-corrected chi connectivity index (χ0v) is 14.6. The van der Waals surface area contributed by atoms with Crippen molar-refractivity contribution < 1.29 is 17.9 Å². The summed E-state index contributed by atoms with van der Waals surface area (Å²) in [4.78, 5) is 5.61. The van der Waals surface area contributed by atoms with Gasteiger partial charge in [-0.15, -0.1) is 0 Å². The van der Waals surface area contributed by atoms with Gasteiger partial charge in [0.1, 0.15) is 5.75 Å². The predicted octanol–water partition coefficient (Wildman–Crippen LogP) is 2.56. The smallest absolute Gasteiger partial charge is 0.401 e. The summed E-state index contributed by atoms with van der Waals surface area (Å²) in [5.41, 5.74) is 1.06. The number of para-hydroxylation sites is 1. The molecule has 0 aromatic heterocycles. The maximum Gasteiger partial charge on any atom is 0.401 e. The average molecular weight is 358 g/mol. The summed E-state index contributed by atoms with van der Waals surface area (Å²) in [6.07, 6.45) is -3.39. The van der Waals surface area contributed by atoms with Crippen LogP contribution in [0, 0.1) is 0 Å². The molecule has 140 valence electrons. The lowest BCUT2D eigenvalue weighted by Gasteiger charge is -2.28. The summed E-state index contributed by atoms with van der Waals surface area (Å²) in [5, 5.41) is 6.49. The molecule has 0 bridgehead atoms. The van der Waals surface area contributed by atoms with Crippen molar-refractivity contribution in [3.63, 3.8) is 0 Å². The van der Waals surface area contributed by atoms with E-state index in [1.807, 2.05) is 31.2 Å². The van der Waals surface area contributed by atoms with E-state index in [2.05, 4.69) is 15.6 Å². The molecule has 1 heterocycles. The quantitative estimate of drug-likeness (QED) is 0.606. The molecule has 5 nitrogen and oxygen atoms in total. The summed E-state index contributed by atoms with van der Waals surface area (Å²) >= 11 is 0. The Bertz CT molecular complexity index is 577. The standard InChI is InChI=1S/C17H25F3N4O/c1-3-21-16(22-9-10-24(2)12-17(18,19)20)23-14-8-11-25-15-7-5-4-6-13(14)15/h4-7,14H,3,8-12H2,1-2H3,(H2,21,22,23). The van der Waals surface area contributed by atoms with E-state index in [-0.39, 0.29) is 19.1 Å². The van der Waals surface area contributed by atoms with Crippen LogP contribution >= 0.6 is 0 Å². The highest BCUT2D eigenvalue weighted by Crippen LogP contribution is 2.31. The summed E-state index contributed by atoms with van der Waals surface area (Å²) in [7, 11) is 1.44. The van der Waals surface area contributed by atoms with E-state index in [9.17, 15) is 13.2 Å². The normalized spacial score (nSPS) is 17.8. The Morgan fingerprint density at radius 2 is 2.12 bits per heavy atom. The third-order valence-corrected chi connectivity index (χ3v) is 3.81. The van der Waals surface area contributed by atoms with Gasteiger partial charge in [-0.05, 0) is 20.0 Å². The van der Waals surface area contributed by atoms with Crippen LogP contribution in [0.3, 0.4) is 0 Å². The van der Waals surface area contributed by atoms with Crippen LogP contribution in [-0.4, -0.2) is 56.9 Å². The van der Waals surface area contributed by atoms with Crippen LogP contribution in [0.25, 0.3) is 0 Å². The summed E-state index contributed by atoms with van der Waals surface area (Å²) in [6, 6.07) is 7.89. The van der Waals surface area contributed by atoms with E-state index < -0.39 is 12.7 Å². The Hall–Kier alpha value is -1.96. The number of halogens is 3. The SMILES string of the molecule is CCNC(=NCCN(C)CC(F)(F)F)NC1CCOc2ccccc21. The minimum atomic E-state index is -4.19. The van der Waals surface area contributed by atoms with Gasteiger partial charge in [0.05, 0.1) is 25.7 Å². The van der Waals surface area contributed by atoms with E-state index in [0.29, 0.717) is 19.1 Å². The molecule has 0 spiro atoms. The van der Waals surface area contributed by atoms with Gasteiger partial charge in [-0.25, -0.2) is 0 Å². The zero-order chi connectivity index (χ0) is 18.3. The van der Waals surface area contributed by atoms with Crippen molar-refractivity contribution in [1.29, 1.82) is 0 Å². The third kappa shape index (κ3) is 6.45. The second kappa shape index (κ2) is 8.94. The number of guanidine groups is 1. The highest BCUT2D eigenvalue weighted by atomic mass is 19.4. The molecule has 2 rings (SSSR count). The third-order valence-electron chi connectivity index (χ3n) is 3.81. The van der Waals surface area contributed by atoms with Gasteiger partial charge in [0.15, 0.2) is 5.96 Å². The van der Waals surface area contributed by atoms with Crippen molar-refractivity contribution in [2.24, 2.45) is 4.99 Å². The first-order valence-electron chi connectivity index (χ1n) is 8.41. The van der Waals surface area contributed by atoms with Gasteiger partial charge in [-0.1, -0.05) is 18.2 Å². The first kappa shape index (κ1) is 19.4. The largest absolute Gasteiger partial charge is 0.493 e. The molecule has 0 aliphatic carbocycles. The predicted molar refractivity (Wildman–Crippen MR) is 92.0 cm³/mol. The van der Waals surface area contributed by atoms with Crippen LogP contribution in [0.2, 0.25) is 0 Å². The van der Waals surface area contributed by atoms with E-state index in [1.165, 1.54) is 11.9 Å². The van der Waals surface area contributed by atoms with Crippen molar-refractivity contribution in [3.8, 4) is 5.75 Å². The topological polar surface area (TPSA) is 48.9 Å². The van der Waals surface area contributed by atoms with Crippen LogP contribution < -0.4 is 15.4 Å². The monoisotopic (exact) mass is 358 g/mol. The lowest BCUT2D eigenvalue weighted by atomic mass is 10.0. The highest BCUT2D eigenvalue weighted by molar-refractivity contribution is 5.80. The number of ether oxygens (including phenoxy) is 1. The molecule has 0 fully saturated rings. The fourth-order valence-corrected chi connectivity index (χ4v) is 2.69. The molecule has 0 radical (unpaired) electrons. The Kier molecular flexibility index (Phi) is 6.92. The average Bonchev–Trinajstić information content (AvgIpc) is 2.53. The van der Waals surface area contributed by atoms with Crippen LogP contribution in [-0.2, 0) is 0 Å². The van der Waals surface area contributed by atoms with Crippen molar-refractivity contribution in [2.75, 3.05) is 39.8 Å². The van der Waals surface area contributed by atoms with Crippen LogP contribution in [0.4, 0.5) is 13.2 Å². The first-order valence-corrected chi connectivity index (χ1v) is 8.41. The van der Waals surface area contributed by atoms with Gasteiger partial charge >= 0.3 is 6.18 Å². The van der Waals surface area contributed by atoms with Crippen molar-refractivity contribution in [1.82, 2.24) is 15.5 Å². The minimum absolute atomic E-state index is 0.0654. The number of hydrogen-bond acceptors (Lipinski definition) is 3. The van der Waals surface area contributed by atoms with Gasteiger partial charge in [0.25, 0.3) is 0 Å². The number of rotatable bonds is 6. The molecular formula is C17H25F3N4O. The minimum Gasteiger partial charge on any atom is -0.493 e. The fourth-order valence-electron chi connectivity index (χ4n) is 2.69. The Morgan fingerprint density at radius 3 is 2.84 bits per heavy atom. The second-order valence-electron chi connectivity index (χ2n) is 5.99. The number of hydrogen-bond donors (Lipinski definition) is 2. The van der Waals surface area contributed by atoms with Crippen LogP contribution in [0.15, 0.2) is 29.3 Å². The van der Waals surface area contributed by atoms with Crippen molar-refractivity contribution >= 4 is 5.96 Å². The molecule has 1 aromatic rings. The molecule has 0 amide bonds. The van der Waals surface area contributed by atoms with Gasteiger partial charge in [-0.3, -0.25) is 9.89 Å². The summed E-state index contributed by atoms with van der Waals surface area (Å²) < 4.78 is 42.7. The molecule has 1 aliphatic heterocycles. The summed E-state index contributed by atoms with van der Waals surface area (Å²) in [6.45, 7) is 2.83. The van der Waals surface area contributed by atoms with Gasteiger partial charge in [-0.2, -0.15) is 13.2 Å². The maximum absolute atomic E-state index is 12.3. The lowest BCUT2D eigenvalue weighted by Crippen LogP contribution is -2.41. The van der Waals surface area contributed by atoms with Crippen molar-refractivity contribution in [2.45, 2.75) is 25.6 Å². The van der Waals surface area contributed by atoms with E-state index >= 15 is 0 Å². The van der Waals surface area contributed by atoms with Crippen LogP contribution in [0.5, 0.6) is 5.75 Å². The lowest BCUT2D eigenvalue weighted by molar-refractivity contribution is -0.142. The first-order chi connectivity index (χ1) is 11.9. The number of likely N-dealkylation sites (N-methyl/N-ethyl adjacent to an activating group) is 1. The molecule has 1 unspecified atom stereocenters. The number of fused-ring (bicyclic) bond motifs is 1. The molecule has 0 saturated carbocycles. The number of benzene rings is 1. The number of nitrogens with zero attached hydrogens (tertiary/aromatic N) is 2. The fraction of sp³-hybridized carbons (Fsp3) is 0.588. The molecular weight excluding hydrogens is 333 g/mol. The zero-order valence-electron chi connectivity index (χ0n) is 14.6. The Morgan fingerprint density at radius 1 is 1.36 bits per heavy atom. The van der Waals surface area contributed by atoms with Crippen LogP contribution in [0.1, 0.15) is 24.9 Å². The molecule has 25 heavy (non-hydrogen) atoms. The summed E-state index contributed by atoms with van der Waals surface area (Å²) in [5.74, 6) is 1.46. The highest BCUT2D eigenvalue weighted by Gasteiger charge is 2.28. The molecule has 1 atom stereocenters. The maximum atomic E-state index is 12.3. The van der Waals surface area contributed by atoms with E-state index in [4.69, 9.17) is 4.74 Å². The van der Waals surface area contributed by atoms with E-state index in [0.717, 1.165) is 17.7 Å². The number of alkyl halides is 3. The Balaban J connectivity index is 1.94. The van der Waals surface area contributed by atoms with Gasteiger partial charge in [0.2, 0.25) is 0 Å². The second-order valence-corrected chi connectivity index (χ2v) is 5.99. The molecule has 1 aromatic carbocycles. The number of nitrogens with one attached hydrogen (secondary N) is 2.